The minimum absolute atomic E-state index is 0.134. The fourth-order valence-corrected chi connectivity index (χ4v) is 4.06. The molecule has 1 aromatic carbocycles. The number of anilines is 2. The molecule has 0 spiro atoms. The van der Waals surface area contributed by atoms with Gasteiger partial charge in [-0.3, -0.25) is 9.29 Å². The van der Waals surface area contributed by atoms with Crippen LogP contribution < -0.4 is 9.21 Å². The van der Waals surface area contributed by atoms with Crippen molar-refractivity contribution in [2.75, 3.05) is 29.3 Å². The Balaban J connectivity index is 2.14. The van der Waals surface area contributed by atoms with E-state index in [0.29, 0.717) is 30.9 Å². The lowest BCUT2D eigenvalue weighted by atomic mass is 10.2. The van der Waals surface area contributed by atoms with Crippen molar-refractivity contribution in [1.29, 1.82) is 0 Å². The molecule has 0 atom stereocenters. The molecule has 1 aromatic heterocycles. The average molecular weight is 321 g/mol. The summed E-state index contributed by atoms with van der Waals surface area (Å²) in [6, 6.07) is 7.26. The van der Waals surface area contributed by atoms with Crippen LogP contribution >= 0.6 is 0 Å². The fraction of sp³-hybridized carbons (Fsp3) is 0.267. The second kappa shape index (κ2) is 5.57. The number of nitrogens with zero attached hydrogens (tertiary/aromatic N) is 3. The largest absolute Gasteiger partial charge is 0.373 e. The van der Waals surface area contributed by atoms with E-state index >= 15 is 0 Å². The molecule has 22 heavy (non-hydrogen) atoms. The number of hydrogen-bond acceptors (Lipinski definition) is 4. The quantitative estimate of drug-likeness (QED) is 0.851. The molecule has 0 aliphatic carbocycles. The van der Waals surface area contributed by atoms with E-state index in [0.717, 1.165) is 0 Å². The first-order valence-corrected chi connectivity index (χ1v) is 8.37. The summed E-state index contributed by atoms with van der Waals surface area (Å²) < 4.78 is 40.6. The molecule has 5 nitrogen and oxygen atoms in total. The molecule has 2 aromatic rings. The number of rotatable bonds is 2. The standard InChI is InChI=1S/C15H16FN3O2S/c1-18-8-3-9-19(14-6-5-12(16)10-15(14)18)22(20,21)13-4-2-7-17-11-13/h2,4-7,10-11H,3,8-9H2,1H3. The Morgan fingerprint density at radius 3 is 2.73 bits per heavy atom. The Kier molecular flexibility index (Phi) is 3.74. The zero-order chi connectivity index (χ0) is 15.7. The molecule has 0 unspecified atom stereocenters. The predicted octanol–water partition coefficient (Wildman–Crippen LogP) is 2.26. The van der Waals surface area contributed by atoms with Gasteiger partial charge in [0.15, 0.2) is 0 Å². The van der Waals surface area contributed by atoms with Crippen molar-refractivity contribution in [3.05, 3.63) is 48.5 Å². The van der Waals surface area contributed by atoms with Crippen molar-refractivity contribution < 1.29 is 12.8 Å². The van der Waals surface area contributed by atoms with E-state index in [2.05, 4.69) is 4.98 Å². The van der Waals surface area contributed by atoms with Gasteiger partial charge in [0.2, 0.25) is 0 Å². The van der Waals surface area contributed by atoms with Crippen molar-refractivity contribution in [3.8, 4) is 0 Å². The van der Waals surface area contributed by atoms with Crippen molar-refractivity contribution in [3.63, 3.8) is 0 Å². The fourth-order valence-electron chi connectivity index (χ4n) is 2.58. The van der Waals surface area contributed by atoms with Crippen LogP contribution in [-0.2, 0) is 10.0 Å². The third kappa shape index (κ3) is 2.52. The minimum Gasteiger partial charge on any atom is -0.373 e. The van der Waals surface area contributed by atoms with Crippen LogP contribution in [0.2, 0.25) is 0 Å². The van der Waals surface area contributed by atoms with Crippen molar-refractivity contribution in [2.45, 2.75) is 11.3 Å². The van der Waals surface area contributed by atoms with Gasteiger partial charge in [0.1, 0.15) is 10.7 Å². The van der Waals surface area contributed by atoms with Gasteiger partial charge in [-0.1, -0.05) is 0 Å². The van der Waals surface area contributed by atoms with E-state index < -0.39 is 10.0 Å². The van der Waals surface area contributed by atoms with Gasteiger partial charge < -0.3 is 4.90 Å². The third-order valence-corrected chi connectivity index (χ3v) is 5.49. The zero-order valence-corrected chi connectivity index (χ0v) is 12.9. The van der Waals surface area contributed by atoms with Gasteiger partial charge in [-0.15, -0.1) is 0 Å². The van der Waals surface area contributed by atoms with Crippen LogP contribution in [0.15, 0.2) is 47.6 Å². The highest BCUT2D eigenvalue weighted by Crippen LogP contribution is 2.35. The van der Waals surface area contributed by atoms with Gasteiger partial charge in [-0.2, -0.15) is 0 Å². The molecule has 0 radical (unpaired) electrons. The highest BCUT2D eigenvalue weighted by Gasteiger charge is 2.29. The number of pyridine rings is 1. The number of fused-ring (bicyclic) bond motifs is 1. The molecule has 1 aliphatic rings. The number of hydrogen-bond donors (Lipinski definition) is 0. The van der Waals surface area contributed by atoms with E-state index in [4.69, 9.17) is 0 Å². The molecule has 3 rings (SSSR count). The summed E-state index contributed by atoms with van der Waals surface area (Å²) in [4.78, 5) is 5.88. The summed E-state index contributed by atoms with van der Waals surface area (Å²) in [5, 5.41) is 0. The van der Waals surface area contributed by atoms with E-state index in [1.54, 1.807) is 6.07 Å². The number of sulfonamides is 1. The SMILES string of the molecule is CN1CCCN(S(=O)(=O)c2cccnc2)c2ccc(F)cc21. The number of aromatic nitrogens is 1. The summed E-state index contributed by atoms with van der Waals surface area (Å²) in [5.74, 6) is -0.383. The van der Waals surface area contributed by atoms with Gasteiger partial charge >= 0.3 is 0 Å². The van der Waals surface area contributed by atoms with E-state index in [-0.39, 0.29) is 10.7 Å². The highest BCUT2D eigenvalue weighted by atomic mass is 32.2. The average Bonchev–Trinajstić information content (AvgIpc) is 2.68. The first kappa shape index (κ1) is 14.8. The van der Waals surface area contributed by atoms with Gasteiger partial charge in [0, 0.05) is 32.5 Å². The molecule has 0 amide bonds. The molecule has 0 N–H and O–H groups in total. The van der Waals surface area contributed by atoms with Gasteiger partial charge in [-0.05, 0) is 36.8 Å². The lowest BCUT2D eigenvalue weighted by Gasteiger charge is -2.25. The normalized spacial score (nSPS) is 15.4. The first-order valence-electron chi connectivity index (χ1n) is 6.93. The Labute approximate surface area is 129 Å². The number of halogens is 1. The van der Waals surface area contributed by atoms with E-state index in [9.17, 15) is 12.8 Å². The van der Waals surface area contributed by atoms with Crippen LogP contribution in [0.25, 0.3) is 0 Å². The zero-order valence-electron chi connectivity index (χ0n) is 12.1. The first-order chi connectivity index (χ1) is 10.5. The smallest absolute Gasteiger partial charge is 0.265 e. The summed E-state index contributed by atoms with van der Waals surface area (Å²) in [6.07, 6.45) is 3.51. The highest BCUT2D eigenvalue weighted by molar-refractivity contribution is 7.92. The molecule has 0 saturated heterocycles. The molecule has 7 heteroatoms. The summed E-state index contributed by atoms with van der Waals surface area (Å²) in [5.41, 5.74) is 1.07. The summed E-state index contributed by atoms with van der Waals surface area (Å²) in [7, 11) is -1.88. The van der Waals surface area contributed by atoms with Crippen LogP contribution in [0.4, 0.5) is 15.8 Å². The Hall–Kier alpha value is -2.15. The molecule has 116 valence electrons. The van der Waals surface area contributed by atoms with Crippen LogP contribution in [0, 0.1) is 5.82 Å². The maximum absolute atomic E-state index is 13.5. The molecular weight excluding hydrogens is 305 g/mol. The topological polar surface area (TPSA) is 53.5 Å². The molecule has 0 fully saturated rings. The monoisotopic (exact) mass is 321 g/mol. The Morgan fingerprint density at radius 1 is 1.18 bits per heavy atom. The third-order valence-electron chi connectivity index (χ3n) is 3.69. The maximum Gasteiger partial charge on any atom is 0.265 e. The minimum atomic E-state index is -3.71. The van der Waals surface area contributed by atoms with E-state index in [1.165, 1.54) is 41.0 Å². The molecule has 0 saturated carbocycles. The van der Waals surface area contributed by atoms with Crippen molar-refractivity contribution in [1.82, 2.24) is 4.98 Å². The van der Waals surface area contributed by atoms with Gasteiger partial charge in [0.05, 0.1) is 11.4 Å². The van der Waals surface area contributed by atoms with Crippen LogP contribution in [0.3, 0.4) is 0 Å². The molecule has 0 bridgehead atoms. The van der Waals surface area contributed by atoms with Gasteiger partial charge in [0.25, 0.3) is 10.0 Å². The number of benzene rings is 1. The van der Waals surface area contributed by atoms with Crippen molar-refractivity contribution >= 4 is 21.4 Å². The lowest BCUT2D eigenvalue weighted by Crippen LogP contribution is -2.31. The lowest BCUT2D eigenvalue weighted by molar-refractivity contribution is 0.589. The maximum atomic E-state index is 13.5. The molecular formula is C15H16FN3O2S. The second-order valence-corrected chi connectivity index (χ2v) is 7.04. The Morgan fingerprint density at radius 2 is 2.00 bits per heavy atom. The molecule has 2 heterocycles. The Bertz CT molecular complexity index is 781. The van der Waals surface area contributed by atoms with Crippen LogP contribution in [0.5, 0.6) is 0 Å². The summed E-state index contributed by atoms with van der Waals surface area (Å²) in [6.45, 7) is 1.01. The summed E-state index contributed by atoms with van der Waals surface area (Å²) >= 11 is 0. The second-order valence-electron chi connectivity index (χ2n) is 5.17. The van der Waals surface area contributed by atoms with Gasteiger partial charge in [-0.25, -0.2) is 12.8 Å². The molecule has 1 aliphatic heterocycles. The predicted molar refractivity (Wildman–Crippen MR) is 83.1 cm³/mol. The van der Waals surface area contributed by atoms with Crippen LogP contribution in [0.1, 0.15) is 6.42 Å². The van der Waals surface area contributed by atoms with Crippen molar-refractivity contribution in [2.24, 2.45) is 0 Å². The van der Waals surface area contributed by atoms with Crippen LogP contribution in [-0.4, -0.2) is 33.5 Å². The van der Waals surface area contributed by atoms with E-state index in [1.807, 2.05) is 11.9 Å².